The van der Waals surface area contributed by atoms with Crippen LogP contribution in [0.5, 0.6) is 0 Å². The summed E-state index contributed by atoms with van der Waals surface area (Å²) in [6.45, 7) is 3.80. The second-order valence-electron chi connectivity index (χ2n) is 2.38. The molecule has 11 heavy (non-hydrogen) atoms. The van der Waals surface area contributed by atoms with Crippen LogP contribution in [0, 0.1) is 6.92 Å². The topological polar surface area (TPSA) is 13.1 Å². The second kappa shape index (κ2) is 2.28. The summed E-state index contributed by atoms with van der Waals surface area (Å²) in [7, 11) is 0. The third-order valence-electron chi connectivity index (χ3n) is 1.63. The highest BCUT2D eigenvalue weighted by molar-refractivity contribution is 6.34. The van der Waals surface area contributed by atoms with Crippen LogP contribution in [0.2, 0.25) is 5.02 Å². The van der Waals surface area contributed by atoms with Crippen LogP contribution in [0.15, 0.2) is 28.9 Å². The predicted octanol–water partition coefficient (Wildman–Crippen LogP) is 3.27. The van der Waals surface area contributed by atoms with Gasteiger partial charge in [-0.05, 0) is 18.6 Å². The zero-order valence-electron chi connectivity index (χ0n) is 5.80. The lowest BCUT2D eigenvalue weighted by Gasteiger charge is -1.90. The number of rotatable bonds is 0. The third-order valence-corrected chi connectivity index (χ3v) is 1.93. The zero-order chi connectivity index (χ0) is 7.84. The van der Waals surface area contributed by atoms with E-state index in [0.717, 1.165) is 16.5 Å². The third kappa shape index (κ3) is 0.925. The van der Waals surface area contributed by atoms with E-state index in [1.165, 1.54) is 0 Å². The molecule has 1 heterocycles. The quantitative estimate of drug-likeness (QED) is 0.584. The fraction of sp³-hybridized carbons (Fsp3) is 0. The minimum absolute atomic E-state index is 0.636. The van der Waals surface area contributed by atoms with Crippen molar-refractivity contribution in [1.82, 2.24) is 0 Å². The number of hydrogen-bond acceptors (Lipinski definition) is 1. The van der Waals surface area contributed by atoms with E-state index in [-0.39, 0.29) is 0 Å². The van der Waals surface area contributed by atoms with Crippen LogP contribution < -0.4 is 0 Å². The maximum Gasteiger partial charge on any atom is 0.152 e. The van der Waals surface area contributed by atoms with Gasteiger partial charge in [0.2, 0.25) is 0 Å². The normalized spacial score (nSPS) is 10.7. The summed E-state index contributed by atoms with van der Waals surface area (Å²) in [5, 5.41) is 1.62. The molecule has 2 heteroatoms. The van der Waals surface area contributed by atoms with Crippen LogP contribution in [0.4, 0.5) is 0 Å². The van der Waals surface area contributed by atoms with Gasteiger partial charge in [-0.15, -0.1) is 0 Å². The van der Waals surface area contributed by atoms with Crippen molar-refractivity contribution in [1.29, 1.82) is 0 Å². The Labute approximate surface area is 69.6 Å². The van der Waals surface area contributed by atoms with Crippen molar-refractivity contribution in [2.24, 2.45) is 0 Å². The molecule has 0 fully saturated rings. The zero-order valence-corrected chi connectivity index (χ0v) is 6.56. The van der Waals surface area contributed by atoms with E-state index < -0.39 is 0 Å². The Bertz CT molecular complexity index is 389. The van der Waals surface area contributed by atoms with Gasteiger partial charge in [0.15, 0.2) is 5.58 Å². The van der Waals surface area contributed by atoms with Gasteiger partial charge in [0.05, 0.1) is 11.3 Å². The lowest BCUT2D eigenvalue weighted by Crippen LogP contribution is -1.67. The summed E-state index contributed by atoms with van der Waals surface area (Å²) in [6.07, 6.45) is 1.61. The van der Waals surface area contributed by atoms with E-state index in [1.807, 2.05) is 12.1 Å². The molecule has 0 atom stereocenters. The van der Waals surface area contributed by atoms with Gasteiger partial charge in [-0.2, -0.15) is 0 Å². The number of fused-ring (bicyclic) bond motifs is 1. The fourth-order valence-corrected chi connectivity index (χ4v) is 1.29. The van der Waals surface area contributed by atoms with Crippen LogP contribution in [0.25, 0.3) is 11.0 Å². The van der Waals surface area contributed by atoms with Crippen molar-refractivity contribution in [3.05, 3.63) is 42.0 Å². The van der Waals surface area contributed by atoms with Crippen molar-refractivity contribution >= 4 is 22.6 Å². The van der Waals surface area contributed by atoms with Crippen LogP contribution in [-0.2, 0) is 0 Å². The molecular formula is C9H6ClO. The summed E-state index contributed by atoms with van der Waals surface area (Å²) in [4.78, 5) is 0. The van der Waals surface area contributed by atoms with E-state index >= 15 is 0 Å². The second-order valence-corrected chi connectivity index (χ2v) is 2.78. The van der Waals surface area contributed by atoms with E-state index in [9.17, 15) is 0 Å². The molecule has 0 N–H and O–H groups in total. The first kappa shape index (κ1) is 6.74. The van der Waals surface area contributed by atoms with Crippen molar-refractivity contribution in [2.45, 2.75) is 0 Å². The van der Waals surface area contributed by atoms with Crippen molar-refractivity contribution in [3.63, 3.8) is 0 Å². The van der Waals surface area contributed by atoms with Crippen LogP contribution in [0.1, 0.15) is 5.56 Å². The van der Waals surface area contributed by atoms with Gasteiger partial charge < -0.3 is 4.42 Å². The number of hydrogen-bond donors (Lipinski definition) is 0. The molecule has 1 aromatic carbocycles. The molecule has 0 bridgehead atoms. The Morgan fingerprint density at radius 3 is 2.91 bits per heavy atom. The van der Waals surface area contributed by atoms with Gasteiger partial charge in [0.1, 0.15) is 0 Å². The molecule has 2 aromatic rings. The van der Waals surface area contributed by atoms with E-state index in [4.69, 9.17) is 16.0 Å². The molecule has 2 rings (SSSR count). The number of para-hydroxylation sites is 1. The first-order valence-corrected chi connectivity index (χ1v) is 3.64. The van der Waals surface area contributed by atoms with E-state index in [1.54, 1.807) is 12.3 Å². The standard InChI is InChI=1S/C9H6ClO/c1-6-5-11-9-7(6)3-2-4-8(9)10/h2-5H,1H2. The lowest BCUT2D eigenvalue weighted by molar-refractivity contribution is 0.614. The molecule has 0 spiro atoms. The van der Waals surface area contributed by atoms with Crippen LogP contribution in [0.3, 0.4) is 0 Å². The molecule has 1 aromatic heterocycles. The largest absolute Gasteiger partial charge is 0.462 e. The lowest BCUT2D eigenvalue weighted by atomic mass is 10.2. The van der Waals surface area contributed by atoms with E-state index in [2.05, 4.69) is 6.92 Å². The van der Waals surface area contributed by atoms with Gasteiger partial charge in [-0.3, -0.25) is 0 Å². The molecular weight excluding hydrogens is 160 g/mol. The van der Waals surface area contributed by atoms with Gasteiger partial charge in [0.25, 0.3) is 0 Å². The maximum absolute atomic E-state index is 5.85. The average Bonchev–Trinajstić information content (AvgIpc) is 2.35. The Balaban J connectivity index is 2.94. The molecule has 1 nitrogen and oxygen atoms in total. The van der Waals surface area contributed by atoms with Gasteiger partial charge >= 0.3 is 0 Å². The fourth-order valence-electron chi connectivity index (χ4n) is 1.08. The first-order valence-electron chi connectivity index (χ1n) is 3.27. The minimum Gasteiger partial charge on any atom is -0.462 e. The molecule has 0 amide bonds. The van der Waals surface area contributed by atoms with Crippen LogP contribution >= 0.6 is 11.6 Å². The molecule has 0 saturated heterocycles. The number of halogens is 1. The average molecular weight is 166 g/mol. The Hall–Kier alpha value is -0.950. The van der Waals surface area contributed by atoms with Gasteiger partial charge in [-0.25, -0.2) is 0 Å². The molecule has 1 radical (unpaired) electrons. The summed E-state index contributed by atoms with van der Waals surface area (Å²) in [6, 6.07) is 5.62. The first-order chi connectivity index (χ1) is 5.29. The molecule has 0 aliphatic carbocycles. The van der Waals surface area contributed by atoms with E-state index in [0.29, 0.717) is 5.02 Å². The number of furan rings is 1. The highest BCUT2D eigenvalue weighted by Crippen LogP contribution is 2.26. The summed E-state index contributed by atoms with van der Waals surface area (Å²) >= 11 is 5.85. The maximum atomic E-state index is 5.85. The Kier molecular flexibility index (Phi) is 1.40. The molecule has 0 saturated carbocycles. The molecule has 55 valence electrons. The van der Waals surface area contributed by atoms with Crippen molar-refractivity contribution < 1.29 is 4.42 Å². The van der Waals surface area contributed by atoms with Gasteiger partial charge in [0, 0.05) is 5.39 Å². The summed E-state index contributed by atoms with van der Waals surface area (Å²) < 4.78 is 5.18. The SMILES string of the molecule is [CH2]c1coc2c(Cl)cccc12. The Morgan fingerprint density at radius 1 is 1.36 bits per heavy atom. The monoisotopic (exact) mass is 165 g/mol. The molecule has 0 aliphatic heterocycles. The van der Waals surface area contributed by atoms with Gasteiger partial charge in [-0.1, -0.05) is 23.7 Å². The van der Waals surface area contributed by atoms with Crippen molar-refractivity contribution in [3.8, 4) is 0 Å². The predicted molar refractivity (Wildman–Crippen MR) is 45.7 cm³/mol. The van der Waals surface area contributed by atoms with Crippen LogP contribution in [-0.4, -0.2) is 0 Å². The minimum atomic E-state index is 0.636. The highest BCUT2D eigenvalue weighted by atomic mass is 35.5. The Morgan fingerprint density at radius 2 is 2.18 bits per heavy atom. The van der Waals surface area contributed by atoms with Crippen molar-refractivity contribution in [2.75, 3.05) is 0 Å². The highest BCUT2D eigenvalue weighted by Gasteiger charge is 2.03. The smallest absolute Gasteiger partial charge is 0.152 e. The summed E-state index contributed by atoms with van der Waals surface area (Å²) in [5.74, 6) is 0. The summed E-state index contributed by atoms with van der Waals surface area (Å²) in [5.41, 5.74) is 1.60. The molecule has 0 unspecified atom stereocenters. The number of benzene rings is 1. The molecule has 0 aliphatic rings.